The summed E-state index contributed by atoms with van der Waals surface area (Å²) in [5.41, 5.74) is 0. The maximum absolute atomic E-state index is 10.7. The molecule has 0 saturated heterocycles. The summed E-state index contributed by atoms with van der Waals surface area (Å²) in [4.78, 5) is 16.1. The van der Waals surface area contributed by atoms with E-state index in [-0.39, 0.29) is 0 Å². The van der Waals surface area contributed by atoms with Crippen LogP contribution in [0.4, 0.5) is 5.82 Å². The minimum atomic E-state index is -0.901. The Morgan fingerprint density at radius 1 is 1.47 bits per heavy atom. The van der Waals surface area contributed by atoms with Gasteiger partial charge in [0.25, 0.3) is 0 Å². The Kier molecular flexibility index (Phi) is 3.61. The predicted octanol–water partition coefficient (Wildman–Crippen LogP) is 3.11. The molecule has 0 unspecified atom stereocenters. The van der Waals surface area contributed by atoms with E-state index in [2.05, 4.69) is 10.3 Å². The third kappa shape index (κ3) is 3.18. The van der Waals surface area contributed by atoms with E-state index in [0.29, 0.717) is 22.3 Å². The molecule has 2 aromatic heterocycles. The quantitative estimate of drug-likeness (QED) is 0.894. The molecule has 0 aliphatic rings. The number of hydrogen-bond acceptors (Lipinski definition) is 4. The number of anilines is 1. The molecule has 0 fully saturated rings. The number of nitrogens with one attached hydrogen (secondary N) is 1. The topological polar surface area (TPSA) is 62.2 Å². The molecule has 0 spiro atoms. The number of pyridine rings is 1. The number of carbonyl (C=O) groups is 1. The molecule has 0 aliphatic heterocycles. The molecule has 0 aromatic carbocycles. The highest BCUT2D eigenvalue weighted by Gasteiger charge is 2.06. The van der Waals surface area contributed by atoms with Crippen LogP contribution >= 0.6 is 22.9 Å². The Labute approximate surface area is 107 Å². The Balaban J connectivity index is 2.00. The van der Waals surface area contributed by atoms with Gasteiger partial charge < -0.3 is 10.4 Å². The van der Waals surface area contributed by atoms with Gasteiger partial charge in [-0.2, -0.15) is 0 Å². The van der Waals surface area contributed by atoms with Crippen LogP contribution in [0.15, 0.2) is 30.5 Å². The highest BCUT2D eigenvalue weighted by molar-refractivity contribution is 7.13. The van der Waals surface area contributed by atoms with E-state index in [1.165, 1.54) is 11.3 Å². The molecule has 0 saturated carbocycles. The average Bonchev–Trinajstić information content (AvgIpc) is 2.75. The van der Waals surface area contributed by atoms with Crippen LogP contribution in [0.1, 0.15) is 14.5 Å². The summed E-state index contributed by atoms with van der Waals surface area (Å²) >= 11 is 7.06. The van der Waals surface area contributed by atoms with E-state index in [9.17, 15) is 4.79 Å². The highest BCUT2D eigenvalue weighted by Crippen LogP contribution is 2.18. The normalized spacial score (nSPS) is 10.2. The fraction of sp³-hybridized carbons (Fsp3) is 0.0909. The number of thiophene rings is 1. The molecule has 0 amide bonds. The van der Waals surface area contributed by atoms with Crippen molar-refractivity contribution in [3.05, 3.63) is 45.2 Å². The number of nitrogens with zero attached hydrogens (tertiary/aromatic N) is 1. The lowest BCUT2D eigenvalue weighted by Crippen LogP contribution is -1.99. The van der Waals surface area contributed by atoms with Gasteiger partial charge in [0.1, 0.15) is 10.7 Å². The SMILES string of the molecule is O=C(O)c1ccc(CNc2cc(Cl)ccn2)s1. The standard InChI is InChI=1S/C11H9ClN2O2S/c12-7-3-4-13-10(5-7)14-6-8-1-2-9(17-8)11(15)16/h1-5H,6H2,(H,13,14)(H,15,16). The summed E-state index contributed by atoms with van der Waals surface area (Å²) in [5, 5.41) is 12.5. The predicted molar refractivity (Wildman–Crippen MR) is 67.9 cm³/mol. The van der Waals surface area contributed by atoms with Crippen molar-refractivity contribution in [3.63, 3.8) is 0 Å². The molecule has 0 atom stereocenters. The zero-order chi connectivity index (χ0) is 12.3. The van der Waals surface area contributed by atoms with E-state index < -0.39 is 5.97 Å². The van der Waals surface area contributed by atoms with Gasteiger partial charge in [-0.1, -0.05) is 11.6 Å². The summed E-state index contributed by atoms with van der Waals surface area (Å²) in [5.74, 6) is -0.232. The van der Waals surface area contributed by atoms with Crippen LogP contribution in [0.5, 0.6) is 0 Å². The fourth-order valence-corrected chi connectivity index (χ4v) is 2.21. The summed E-state index contributed by atoms with van der Waals surface area (Å²) in [6.07, 6.45) is 1.61. The third-order valence-corrected chi connectivity index (χ3v) is 3.35. The summed E-state index contributed by atoms with van der Waals surface area (Å²) < 4.78 is 0. The molecule has 17 heavy (non-hydrogen) atoms. The number of carboxylic acids is 1. The van der Waals surface area contributed by atoms with Gasteiger partial charge in [-0.05, 0) is 24.3 Å². The van der Waals surface area contributed by atoms with E-state index in [0.717, 1.165) is 4.88 Å². The number of halogens is 1. The van der Waals surface area contributed by atoms with Crippen LogP contribution in [0.3, 0.4) is 0 Å². The number of carboxylic acid groups (broad SMARTS) is 1. The first kappa shape index (κ1) is 11.9. The van der Waals surface area contributed by atoms with Gasteiger partial charge in [0.05, 0.1) is 6.54 Å². The molecule has 0 aliphatic carbocycles. The van der Waals surface area contributed by atoms with Gasteiger partial charge in [0, 0.05) is 16.1 Å². The van der Waals surface area contributed by atoms with Crippen LogP contribution in [0.25, 0.3) is 0 Å². The molecule has 6 heteroatoms. The van der Waals surface area contributed by atoms with E-state index in [1.807, 2.05) is 0 Å². The first-order valence-electron chi connectivity index (χ1n) is 4.82. The van der Waals surface area contributed by atoms with Crippen LogP contribution in [0.2, 0.25) is 5.02 Å². The van der Waals surface area contributed by atoms with Crippen molar-refractivity contribution >= 4 is 34.7 Å². The van der Waals surface area contributed by atoms with E-state index >= 15 is 0 Å². The third-order valence-electron chi connectivity index (χ3n) is 2.04. The zero-order valence-electron chi connectivity index (χ0n) is 8.68. The molecule has 0 bridgehead atoms. The van der Waals surface area contributed by atoms with Crippen molar-refractivity contribution in [3.8, 4) is 0 Å². The van der Waals surface area contributed by atoms with E-state index in [1.54, 1.807) is 30.5 Å². The Bertz CT molecular complexity index is 542. The summed E-state index contributed by atoms with van der Waals surface area (Å²) in [7, 11) is 0. The second kappa shape index (κ2) is 5.16. The maximum Gasteiger partial charge on any atom is 0.345 e. The van der Waals surface area contributed by atoms with Crippen molar-refractivity contribution in [2.45, 2.75) is 6.54 Å². The van der Waals surface area contributed by atoms with Crippen molar-refractivity contribution in [2.75, 3.05) is 5.32 Å². The molecule has 88 valence electrons. The van der Waals surface area contributed by atoms with Crippen molar-refractivity contribution in [1.82, 2.24) is 4.98 Å². The largest absolute Gasteiger partial charge is 0.477 e. The molecule has 0 radical (unpaired) electrons. The number of aromatic carboxylic acids is 1. The van der Waals surface area contributed by atoms with Gasteiger partial charge in [-0.25, -0.2) is 9.78 Å². The number of aromatic nitrogens is 1. The minimum Gasteiger partial charge on any atom is -0.477 e. The van der Waals surface area contributed by atoms with Crippen molar-refractivity contribution in [2.24, 2.45) is 0 Å². The Hall–Kier alpha value is -1.59. The van der Waals surface area contributed by atoms with Gasteiger partial charge in [0.2, 0.25) is 0 Å². The first-order valence-corrected chi connectivity index (χ1v) is 6.02. The number of hydrogen-bond donors (Lipinski definition) is 2. The van der Waals surface area contributed by atoms with Crippen LogP contribution in [0, 0.1) is 0 Å². The molecule has 4 nitrogen and oxygen atoms in total. The van der Waals surface area contributed by atoms with Crippen LogP contribution in [-0.2, 0) is 6.54 Å². The van der Waals surface area contributed by atoms with Crippen molar-refractivity contribution in [1.29, 1.82) is 0 Å². The molecule has 2 heterocycles. The molecule has 2 N–H and O–H groups in total. The van der Waals surface area contributed by atoms with Gasteiger partial charge in [-0.15, -0.1) is 11.3 Å². The van der Waals surface area contributed by atoms with Gasteiger partial charge in [0.15, 0.2) is 0 Å². The molecule has 2 rings (SSSR count). The van der Waals surface area contributed by atoms with E-state index in [4.69, 9.17) is 16.7 Å². The maximum atomic E-state index is 10.7. The smallest absolute Gasteiger partial charge is 0.345 e. The lowest BCUT2D eigenvalue weighted by Gasteiger charge is -2.03. The minimum absolute atomic E-state index is 0.334. The molecule has 2 aromatic rings. The monoisotopic (exact) mass is 268 g/mol. The summed E-state index contributed by atoms with van der Waals surface area (Å²) in [6, 6.07) is 6.79. The highest BCUT2D eigenvalue weighted by atomic mass is 35.5. The van der Waals surface area contributed by atoms with Gasteiger partial charge >= 0.3 is 5.97 Å². The number of rotatable bonds is 4. The van der Waals surface area contributed by atoms with Crippen LogP contribution < -0.4 is 5.32 Å². The zero-order valence-corrected chi connectivity index (χ0v) is 10.3. The molecular weight excluding hydrogens is 260 g/mol. The fourth-order valence-electron chi connectivity index (χ4n) is 1.27. The molecular formula is C11H9ClN2O2S. The average molecular weight is 269 g/mol. The second-order valence-electron chi connectivity index (χ2n) is 3.28. The second-order valence-corrected chi connectivity index (χ2v) is 4.89. The first-order chi connectivity index (χ1) is 8.15. The van der Waals surface area contributed by atoms with Crippen molar-refractivity contribution < 1.29 is 9.90 Å². The lowest BCUT2D eigenvalue weighted by atomic mass is 10.4. The lowest BCUT2D eigenvalue weighted by molar-refractivity contribution is 0.0702. The summed E-state index contributed by atoms with van der Waals surface area (Å²) in [6.45, 7) is 0.533. The Morgan fingerprint density at radius 3 is 2.94 bits per heavy atom. The Morgan fingerprint density at radius 2 is 2.29 bits per heavy atom. The van der Waals surface area contributed by atoms with Gasteiger partial charge in [-0.3, -0.25) is 0 Å². The van der Waals surface area contributed by atoms with Crippen LogP contribution in [-0.4, -0.2) is 16.1 Å².